The molecule has 6 nitrogen and oxygen atoms in total. The SMILES string of the molecule is NC(CO)Cc1ccc([N+](=O)[O-])o1. The number of rotatable bonds is 4. The van der Waals surface area contributed by atoms with E-state index in [0.29, 0.717) is 12.2 Å². The standard InChI is InChI=1S/C7H10N2O4/c8-5(4-10)3-6-1-2-7(13-6)9(11)12/h1-2,5,10H,3-4,8H2. The normalized spacial score (nSPS) is 12.8. The summed E-state index contributed by atoms with van der Waals surface area (Å²) >= 11 is 0. The molecule has 0 aliphatic heterocycles. The van der Waals surface area contributed by atoms with E-state index in [4.69, 9.17) is 15.3 Å². The lowest BCUT2D eigenvalue weighted by atomic mass is 10.2. The first-order valence-electron chi connectivity index (χ1n) is 3.73. The summed E-state index contributed by atoms with van der Waals surface area (Å²) in [6.45, 7) is -0.172. The molecule has 3 N–H and O–H groups in total. The summed E-state index contributed by atoms with van der Waals surface area (Å²) in [5.74, 6) is 0.105. The lowest BCUT2D eigenvalue weighted by Crippen LogP contribution is -2.26. The van der Waals surface area contributed by atoms with Crippen LogP contribution < -0.4 is 5.73 Å². The van der Waals surface area contributed by atoms with Gasteiger partial charge in [0.15, 0.2) is 0 Å². The fourth-order valence-corrected chi connectivity index (χ4v) is 0.897. The van der Waals surface area contributed by atoms with E-state index in [1.165, 1.54) is 12.1 Å². The van der Waals surface area contributed by atoms with Gasteiger partial charge < -0.3 is 15.3 Å². The number of nitrogens with two attached hydrogens (primary N) is 1. The van der Waals surface area contributed by atoms with Crippen LogP contribution in [0.5, 0.6) is 0 Å². The maximum Gasteiger partial charge on any atom is 0.433 e. The average molecular weight is 186 g/mol. The van der Waals surface area contributed by atoms with Crippen LogP contribution in [0, 0.1) is 10.1 Å². The van der Waals surface area contributed by atoms with Crippen molar-refractivity contribution in [3.05, 3.63) is 28.0 Å². The number of furan rings is 1. The number of hydrogen-bond donors (Lipinski definition) is 2. The summed E-state index contributed by atoms with van der Waals surface area (Å²) in [7, 11) is 0. The Bertz CT molecular complexity index is 296. The first-order valence-corrected chi connectivity index (χ1v) is 3.73. The fraction of sp³-hybridized carbons (Fsp3) is 0.429. The third-order valence-corrected chi connectivity index (χ3v) is 1.53. The highest BCUT2D eigenvalue weighted by Crippen LogP contribution is 2.16. The van der Waals surface area contributed by atoms with E-state index in [1.54, 1.807) is 0 Å². The monoisotopic (exact) mass is 186 g/mol. The second-order valence-corrected chi connectivity index (χ2v) is 2.64. The van der Waals surface area contributed by atoms with E-state index >= 15 is 0 Å². The molecule has 13 heavy (non-hydrogen) atoms. The third kappa shape index (κ3) is 2.53. The van der Waals surface area contributed by atoms with Gasteiger partial charge >= 0.3 is 5.88 Å². The molecule has 0 aliphatic rings. The Labute approximate surface area is 74.1 Å². The molecule has 1 atom stereocenters. The Hall–Kier alpha value is -1.40. The molecule has 0 amide bonds. The highest BCUT2D eigenvalue weighted by molar-refractivity contribution is 5.18. The zero-order chi connectivity index (χ0) is 9.84. The quantitative estimate of drug-likeness (QED) is 0.510. The molecular formula is C7H10N2O4. The topological polar surface area (TPSA) is 103 Å². The summed E-state index contributed by atoms with van der Waals surface area (Å²) in [4.78, 5) is 9.58. The van der Waals surface area contributed by atoms with Crippen molar-refractivity contribution in [2.24, 2.45) is 5.73 Å². The van der Waals surface area contributed by atoms with Gasteiger partial charge in [0, 0.05) is 12.5 Å². The Morgan fingerprint density at radius 2 is 2.38 bits per heavy atom. The second kappa shape index (κ2) is 4.01. The summed E-state index contributed by atoms with van der Waals surface area (Å²) in [6.07, 6.45) is 0.296. The second-order valence-electron chi connectivity index (χ2n) is 2.64. The molecule has 6 heteroatoms. The molecule has 0 fully saturated rings. The maximum atomic E-state index is 10.2. The van der Waals surface area contributed by atoms with Crippen molar-refractivity contribution in [2.75, 3.05) is 6.61 Å². The number of nitro groups is 1. The molecule has 0 spiro atoms. The van der Waals surface area contributed by atoms with Crippen molar-refractivity contribution in [1.82, 2.24) is 0 Å². The minimum absolute atomic E-state index is 0.172. The van der Waals surface area contributed by atoms with Crippen molar-refractivity contribution in [1.29, 1.82) is 0 Å². The zero-order valence-electron chi connectivity index (χ0n) is 6.84. The van der Waals surface area contributed by atoms with Crippen LogP contribution in [0.25, 0.3) is 0 Å². The predicted octanol–water partition coefficient (Wildman–Crippen LogP) is 0.0499. The van der Waals surface area contributed by atoms with Gasteiger partial charge in [-0.1, -0.05) is 0 Å². The molecular weight excluding hydrogens is 176 g/mol. The Balaban J connectivity index is 2.64. The Morgan fingerprint density at radius 1 is 1.69 bits per heavy atom. The predicted molar refractivity (Wildman–Crippen MR) is 44.1 cm³/mol. The molecule has 1 aromatic heterocycles. The van der Waals surface area contributed by atoms with Gasteiger partial charge in [-0.15, -0.1) is 0 Å². The van der Waals surface area contributed by atoms with E-state index < -0.39 is 11.0 Å². The van der Waals surface area contributed by atoms with Crippen molar-refractivity contribution < 1.29 is 14.4 Å². The van der Waals surface area contributed by atoms with Gasteiger partial charge in [0.05, 0.1) is 12.7 Å². The number of nitrogens with zero attached hydrogens (tertiary/aromatic N) is 1. The van der Waals surface area contributed by atoms with Gasteiger partial charge in [-0.3, -0.25) is 10.1 Å². The van der Waals surface area contributed by atoms with Gasteiger partial charge in [-0.05, 0) is 6.07 Å². The summed E-state index contributed by atoms with van der Waals surface area (Å²) in [5.41, 5.74) is 5.41. The molecule has 1 heterocycles. The van der Waals surface area contributed by atoms with Crippen LogP contribution in [0.3, 0.4) is 0 Å². The molecule has 72 valence electrons. The van der Waals surface area contributed by atoms with Crippen LogP contribution in [0.2, 0.25) is 0 Å². The molecule has 1 aromatic rings. The minimum atomic E-state index is -0.617. The molecule has 0 aromatic carbocycles. The van der Waals surface area contributed by atoms with Crippen LogP contribution >= 0.6 is 0 Å². The van der Waals surface area contributed by atoms with E-state index in [-0.39, 0.29) is 12.5 Å². The van der Waals surface area contributed by atoms with Gasteiger partial charge in [-0.25, -0.2) is 0 Å². The Morgan fingerprint density at radius 3 is 2.85 bits per heavy atom. The minimum Gasteiger partial charge on any atom is -0.406 e. The van der Waals surface area contributed by atoms with Crippen LogP contribution in [-0.4, -0.2) is 22.7 Å². The van der Waals surface area contributed by atoms with Crippen LogP contribution in [-0.2, 0) is 6.42 Å². The van der Waals surface area contributed by atoms with E-state index in [2.05, 4.69) is 0 Å². The summed E-state index contributed by atoms with van der Waals surface area (Å²) in [6, 6.07) is 2.30. The maximum absolute atomic E-state index is 10.2. The molecule has 0 aliphatic carbocycles. The fourth-order valence-electron chi connectivity index (χ4n) is 0.897. The molecule has 1 rings (SSSR count). The van der Waals surface area contributed by atoms with Crippen LogP contribution in [0.15, 0.2) is 16.5 Å². The summed E-state index contributed by atoms with van der Waals surface area (Å²) < 4.78 is 4.83. The van der Waals surface area contributed by atoms with Crippen LogP contribution in [0.1, 0.15) is 5.76 Å². The van der Waals surface area contributed by atoms with E-state index in [0.717, 1.165) is 0 Å². The van der Waals surface area contributed by atoms with Gasteiger partial charge in [-0.2, -0.15) is 0 Å². The lowest BCUT2D eigenvalue weighted by molar-refractivity contribution is -0.402. The zero-order valence-corrected chi connectivity index (χ0v) is 6.84. The molecule has 0 radical (unpaired) electrons. The highest BCUT2D eigenvalue weighted by Gasteiger charge is 2.13. The first kappa shape index (κ1) is 9.69. The van der Waals surface area contributed by atoms with Crippen molar-refractivity contribution in [3.8, 4) is 0 Å². The Kier molecular flexibility index (Phi) is 2.99. The van der Waals surface area contributed by atoms with Gasteiger partial charge in [0.2, 0.25) is 0 Å². The van der Waals surface area contributed by atoms with E-state index in [1.807, 2.05) is 0 Å². The highest BCUT2D eigenvalue weighted by atomic mass is 16.6. The number of aliphatic hydroxyl groups excluding tert-OH is 1. The molecule has 0 bridgehead atoms. The lowest BCUT2D eigenvalue weighted by Gasteiger charge is -2.03. The smallest absolute Gasteiger partial charge is 0.406 e. The van der Waals surface area contributed by atoms with E-state index in [9.17, 15) is 10.1 Å². The van der Waals surface area contributed by atoms with Crippen molar-refractivity contribution in [3.63, 3.8) is 0 Å². The first-order chi connectivity index (χ1) is 6.13. The van der Waals surface area contributed by atoms with Gasteiger partial charge in [0.25, 0.3) is 0 Å². The average Bonchev–Trinajstić information content (AvgIpc) is 2.52. The largest absolute Gasteiger partial charge is 0.433 e. The van der Waals surface area contributed by atoms with Gasteiger partial charge in [0.1, 0.15) is 10.7 Å². The summed E-state index contributed by atoms with van der Waals surface area (Å²) in [5, 5.41) is 18.8. The van der Waals surface area contributed by atoms with Crippen molar-refractivity contribution >= 4 is 5.88 Å². The number of hydrogen-bond acceptors (Lipinski definition) is 5. The third-order valence-electron chi connectivity index (χ3n) is 1.53. The molecule has 1 unspecified atom stereocenters. The van der Waals surface area contributed by atoms with Crippen LogP contribution in [0.4, 0.5) is 5.88 Å². The number of aliphatic hydroxyl groups is 1. The molecule has 0 saturated heterocycles. The van der Waals surface area contributed by atoms with Crippen molar-refractivity contribution in [2.45, 2.75) is 12.5 Å². The molecule has 0 saturated carbocycles.